The summed E-state index contributed by atoms with van der Waals surface area (Å²) in [5, 5.41) is 11.2. The van der Waals surface area contributed by atoms with Gasteiger partial charge in [-0.05, 0) is 51.0 Å². The summed E-state index contributed by atoms with van der Waals surface area (Å²) in [7, 11) is 0. The number of aliphatic carboxylic acids is 1. The van der Waals surface area contributed by atoms with Crippen LogP contribution in [0.3, 0.4) is 0 Å². The summed E-state index contributed by atoms with van der Waals surface area (Å²) in [6, 6.07) is -0.499. The lowest BCUT2D eigenvalue weighted by atomic mass is 10.0. The van der Waals surface area contributed by atoms with Gasteiger partial charge in [0.1, 0.15) is 11.6 Å². The van der Waals surface area contributed by atoms with E-state index in [1.54, 1.807) is 20.8 Å². The molecule has 0 aromatic heterocycles. The largest absolute Gasteiger partial charge is 0.480 e. The molecule has 0 spiro atoms. The van der Waals surface area contributed by atoms with Crippen LogP contribution >= 0.6 is 0 Å². The predicted octanol–water partition coefficient (Wildman–Crippen LogP) is 5.11. The van der Waals surface area contributed by atoms with Gasteiger partial charge in [0, 0.05) is 0 Å². The Hall–Kier alpha value is -2.72. The summed E-state index contributed by atoms with van der Waals surface area (Å²) in [5.41, 5.74) is -4.30. The van der Waals surface area contributed by atoms with Gasteiger partial charge in [-0.25, -0.2) is 9.59 Å². The van der Waals surface area contributed by atoms with Gasteiger partial charge in [0.25, 0.3) is 0 Å². The van der Waals surface area contributed by atoms with E-state index in [9.17, 15) is 35.9 Å². The highest BCUT2D eigenvalue weighted by atomic mass is 19.4. The Balaban J connectivity index is 3.03. The number of carbonyl (C=O) groups is 2. The monoisotopic (exact) mass is 427 g/mol. The number of halogens is 6. The van der Waals surface area contributed by atoms with Crippen molar-refractivity contribution in [1.82, 2.24) is 5.32 Å². The summed E-state index contributed by atoms with van der Waals surface area (Å²) in [4.78, 5) is 22.9. The molecule has 1 atom stereocenters. The maximum atomic E-state index is 12.8. The molecule has 1 rings (SSSR count). The second-order valence-corrected chi connectivity index (χ2v) is 7.01. The Morgan fingerprint density at radius 1 is 1.03 bits per heavy atom. The maximum Gasteiger partial charge on any atom is 0.416 e. The van der Waals surface area contributed by atoms with Crippen molar-refractivity contribution in [2.75, 3.05) is 0 Å². The van der Waals surface area contributed by atoms with Crippen molar-refractivity contribution in [3.8, 4) is 0 Å². The van der Waals surface area contributed by atoms with Crippen molar-refractivity contribution in [3.05, 3.63) is 41.0 Å². The van der Waals surface area contributed by atoms with Gasteiger partial charge in [0.15, 0.2) is 0 Å². The molecule has 162 valence electrons. The number of alkyl halides is 6. The van der Waals surface area contributed by atoms with Crippen LogP contribution in [0.15, 0.2) is 24.3 Å². The molecule has 5 nitrogen and oxygen atoms in total. The number of carboxylic acids is 1. The van der Waals surface area contributed by atoms with Crippen LogP contribution in [0, 0.1) is 0 Å². The maximum absolute atomic E-state index is 12.8. The van der Waals surface area contributed by atoms with Crippen molar-refractivity contribution in [2.45, 2.75) is 51.2 Å². The molecule has 0 heterocycles. The van der Waals surface area contributed by atoms with Crippen molar-refractivity contribution >= 4 is 18.1 Å². The molecule has 0 aliphatic heterocycles. The molecule has 0 unspecified atom stereocenters. The summed E-state index contributed by atoms with van der Waals surface area (Å²) in [5.74, 6) is -1.46. The molecule has 0 aliphatic rings. The summed E-state index contributed by atoms with van der Waals surface area (Å²) >= 11 is 0. The highest BCUT2D eigenvalue weighted by Crippen LogP contribution is 2.36. The minimum atomic E-state index is -4.99. The highest BCUT2D eigenvalue weighted by Gasteiger charge is 2.36. The first kappa shape index (κ1) is 24.3. The summed E-state index contributed by atoms with van der Waals surface area (Å²) in [6.45, 7) is 4.65. The molecule has 0 bridgehead atoms. The van der Waals surface area contributed by atoms with E-state index in [2.05, 4.69) is 5.32 Å². The zero-order valence-corrected chi connectivity index (χ0v) is 15.6. The molecular weight excluding hydrogens is 408 g/mol. The van der Waals surface area contributed by atoms with Crippen LogP contribution < -0.4 is 5.32 Å². The van der Waals surface area contributed by atoms with E-state index in [4.69, 9.17) is 9.84 Å². The second-order valence-electron chi connectivity index (χ2n) is 7.01. The Bertz CT molecular complexity index is 746. The summed E-state index contributed by atoms with van der Waals surface area (Å²) in [6.07, 6.45) is -9.45. The third-order valence-corrected chi connectivity index (χ3v) is 3.28. The van der Waals surface area contributed by atoms with Crippen molar-refractivity contribution in [3.63, 3.8) is 0 Å². The van der Waals surface area contributed by atoms with Gasteiger partial charge in [-0.15, -0.1) is 0 Å². The lowest BCUT2D eigenvalue weighted by Crippen LogP contribution is -2.43. The molecule has 0 aliphatic carbocycles. The Morgan fingerprint density at radius 2 is 1.52 bits per heavy atom. The Morgan fingerprint density at radius 3 is 1.90 bits per heavy atom. The number of carboxylic acid groups (broad SMARTS) is 1. The molecule has 2 N–H and O–H groups in total. The van der Waals surface area contributed by atoms with Crippen LogP contribution in [-0.4, -0.2) is 28.8 Å². The smallest absolute Gasteiger partial charge is 0.416 e. The number of alkyl carbamates (subject to hydrolysis) is 1. The van der Waals surface area contributed by atoms with Crippen LogP contribution in [0.2, 0.25) is 0 Å². The van der Waals surface area contributed by atoms with Crippen molar-refractivity contribution < 1.29 is 45.8 Å². The zero-order valence-electron chi connectivity index (χ0n) is 15.6. The number of rotatable bonds is 5. The molecule has 11 heteroatoms. The Kier molecular flexibility index (Phi) is 7.33. The average molecular weight is 427 g/mol. The van der Waals surface area contributed by atoms with Gasteiger partial charge in [-0.3, -0.25) is 0 Å². The van der Waals surface area contributed by atoms with Crippen molar-refractivity contribution in [1.29, 1.82) is 0 Å². The lowest BCUT2D eigenvalue weighted by molar-refractivity contribution is -0.143. The first-order valence-electron chi connectivity index (χ1n) is 8.17. The quantitative estimate of drug-likeness (QED) is 0.641. The van der Waals surface area contributed by atoms with Gasteiger partial charge in [0.2, 0.25) is 0 Å². The Labute approximate surface area is 162 Å². The topological polar surface area (TPSA) is 75.6 Å². The van der Waals surface area contributed by atoms with E-state index in [-0.39, 0.29) is 6.07 Å². The number of nitrogens with one attached hydrogen (secondary N) is 1. The lowest BCUT2D eigenvalue weighted by Gasteiger charge is -2.21. The van der Waals surface area contributed by atoms with Crippen LogP contribution in [0.5, 0.6) is 0 Å². The molecule has 1 amide bonds. The first-order chi connectivity index (χ1) is 13.0. The first-order valence-corrected chi connectivity index (χ1v) is 8.17. The van der Waals surface area contributed by atoms with E-state index in [0.717, 1.165) is 12.2 Å². The fraction of sp³-hybridized carbons (Fsp3) is 0.444. The van der Waals surface area contributed by atoms with E-state index in [0.29, 0.717) is 12.1 Å². The van der Waals surface area contributed by atoms with E-state index >= 15 is 0 Å². The number of ether oxygens (including phenoxy) is 1. The van der Waals surface area contributed by atoms with Gasteiger partial charge < -0.3 is 15.2 Å². The molecule has 1 aromatic rings. The SMILES string of the molecule is CC(C)(C)OC(=O)N[C@@H](C/C=C/c1cc(C(F)(F)F)cc(C(F)(F)F)c1)C(=O)O. The van der Waals surface area contributed by atoms with E-state index in [1.165, 1.54) is 0 Å². The molecule has 0 fully saturated rings. The van der Waals surface area contributed by atoms with Gasteiger partial charge in [-0.1, -0.05) is 12.2 Å². The molecule has 1 aromatic carbocycles. The van der Waals surface area contributed by atoms with Crippen LogP contribution in [-0.2, 0) is 21.9 Å². The van der Waals surface area contributed by atoms with E-state index in [1.807, 2.05) is 0 Å². The minimum Gasteiger partial charge on any atom is -0.480 e. The molecule has 0 saturated carbocycles. The zero-order chi connectivity index (χ0) is 22.6. The fourth-order valence-electron chi connectivity index (χ4n) is 2.09. The molecule has 0 radical (unpaired) electrons. The second kappa shape index (κ2) is 8.75. The minimum absolute atomic E-state index is 0.0124. The average Bonchev–Trinajstić information content (AvgIpc) is 2.50. The standard InChI is InChI=1S/C18H19F6NO4/c1-16(2,3)29-15(28)25-13(14(26)27)6-4-5-10-7-11(17(19,20)21)9-12(8-10)18(22,23)24/h4-5,7-9,13H,6H2,1-3H3,(H,25,28)(H,26,27)/b5-4+/t13-/m0/s1. The van der Waals surface area contributed by atoms with Crippen LogP contribution in [0.4, 0.5) is 31.1 Å². The van der Waals surface area contributed by atoms with Gasteiger partial charge in [0.05, 0.1) is 11.1 Å². The van der Waals surface area contributed by atoms with Gasteiger partial charge >= 0.3 is 24.4 Å². The molecule has 29 heavy (non-hydrogen) atoms. The fourth-order valence-corrected chi connectivity index (χ4v) is 2.09. The number of amides is 1. The van der Waals surface area contributed by atoms with Crippen LogP contribution in [0.25, 0.3) is 6.08 Å². The van der Waals surface area contributed by atoms with E-state index < -0.39 is 59.2 Å². The van der Waals surface area contributed by atoms with Gasteiger partial charge in [-0.2, -0.15) is 26.3 Å². The third kappa shape index (κ3) is 8.44. The van der Waals surface area contributed by atoms with Crippen molar-refractivity contribution in [2.24, 2.45) is 0 Å². The number of hydrogen-bond donors (Lipinski definition) is 2. The van der Waals surface area contributed by atoms with Crippen LogP contribution in [0.1, 0.15) is 43.9 Å². The summed E-state index contributed by atoms with van der Waals surface area (Å²) < 4.78 is 81.9. The highest BCUT2D eigenvalue weighted by molar-refractivity contribution is 5.80. The molecule has 0 saturated heterocycles. The normalized spacial score (nSPS) is 14.0. The number of benzene rings is 1. The third-order valence-electron chi connectivity index (χ3n) is 3.28. The predicted molar refractivity (Wildman–Crippen MR) is 90.9 cm³/mol. The molecular formula is C18H19F6NO4. The number of hydrogen-bond acceptors (Lipinski definition) is 3. The number of carbonyl (C=O) groups excluding carboxylic acids is 1.